The summed E-state index contributed by atoms with van der Waals surface area (Å²) in [7, 11) is 1.61. The number of rotatable bonds is 8. The Hall–Kier alpha value is -3.35. The Balaban J connectivity index is 1.62. The van der Waals surface area contributed by atoms with Crippen molar-refractivity contribution in [2.24, 2.45) is 5.92 Å². The van der Waals surface area contributed by atoms with Gasteiger partial charge in [0, 0.05) is 37.6 Å². The molecule has 1 aliphatic carbocycles. The Morgan fingerprint density at radius 1 is 1.11 bits per heavy atom. The van der Waals surface area contributed by atoms with E-state index in [4.69, 9.17) is 4.74 Å². The zero-order valence-electron chi connectivity index (χ0n) is 21.4. The monoisotopic (exact) mass is 491 g/mol. The number of methoxy groups -OCH3 is 1. The average Bonchev–Trinajstić information content (AvgIpc) is 2.90. The smallest absolute Gasteiger partial charge is 0.259 e. The molecule has 1 aliphatic heterocycles. The van der Waals surface area contributed by atoms with Crippen LogP contribution in [0.3, 0.4) is 0 Å². The molecule has 1 aromatic heterocycles. The number of ether oxygens (including phenoxy) is 1. The SMILES string of the molecule is COc1ccccc1Cn1cc(C(=O)NCCC2=CCCCC2)c(=O)c(C(=O)N2CCC[C@@H](C)C2)c1. The van der Waals surface area contributed by atoms with Crippen LogP contribution in [0.15, 0.2) is 53.1 Å². The summed E-state index contributed by atoms with van der Waals surface area (Å²) in [5.74, 6) is 0.356. The maximum atomic E-state index is 13.4. The van der Waals surface area contributed by atoms with Crippen LogP contribution in [0.25, 0.3) is 0 Å². The van der Waals surface area contributed by atoms with E-state index in [2.05, 4.69) is 18.3 Å². The van der Waals surface area contributed by atoms with E-state index < -0.39 is 11.3 Å². The number of amides is 2. The molecule has 1 aromatic carbocycles. The van der Waals surface area contributed by atoms with Crippen LogP contribution in [0.4, 0.5) is 0 Å². The molecule has 0 bridgehead atoms. The highest BCUT2D eigenvalue weighted by Gasteiger charge is 2.26. The van der Waals surface area contributed by atoms with Gasteiger partial charge in [0.15, 0.2) is 0 Å². The third-order valence-corrected chi connectivity index (χ3v) is 7.16. The lowest BCUT2D eigenvalue weighted by molar-refractivity contribution is 0.0680. The highest BCUT2D eigenvalue weighted by Crippen LogP contribution is 2.21. The van der Waals surface area contributed by atoms with E-state index in [-0.39, 0.29) is 17.0 Å². The van der Waals surface area contributed by atoms with Gasteiger partial charge in [-0.15, -0.1) is 0 Å². The topological polar surface area (TPSA) is 80.6 Å². The molecule has 2 amide bonds. The van der Waals surface area contributed by atoms with E-state index in [1.807, 2.05) is 24.3 Å². The molecular formula is C29H37N3O4. The van der Waals surface area contributed by atoms with Crippen molar-refractivity contribution in [1.82, 2.24) is 14.8 Å². The fourth-order valence-electron chi connectivity index (χ4n) is 5.17. The molecule has 7 heteroatoms. The summed E-state index contributed by atoms with van der Waals surface area (Å²) in [6.07, 6.45) is 12.7. The second-order valence-corrected chi connectivity index (χ2v) is 10.0. The normalized spacial score (nSPS) is 17.9. The van der Waals surface area contributed by atoms with Crippen LogP contribution in [0.1, 0.15) is 78.1 Å². The number of allylic oxidation sites excluding steroid dienone is 1. The first-order valence-electron chi connectivity index (χ1n) is 13.1. The molecule has 7 nitrogen and oxygen atoms in total. The number of para-hydroxylation sites is 1. The summed E-state index contributed by atoms with van der Waals surface area (Å²) in [5.41, 5.74) is 1.78. The highest BCUT2D eigenvalue weighted by atomic mass is 16.5. The van der Waals surface area contributed by atoms with Crippen LogP contribution in [0.5, 0.6) is 5.75 Å². The van der Waals surface area contributed by atoms with E-state index in [0.29, 0.717) is 37.8 Å². The van der Waals surface area contributed by atoms with Crippen LogP contribution in [-0.2, 0) is 6.54 Å². The summed E-state index contributed by atoms with van der Waals surface area (Å²) in [6, 6.07) is 7.60. The van der Waals surface area contributed by atoms with Crippen LogP contribution in [0, 0.1) is 5.92 Å². The predicted octanol–water partition coefficient (Wildman–Crippen LogP) is 4.40. The van der Waals surface area contributed by atoms with Crippen molar-refractivity contribution in [2.45, 2.75) is 58.4 Å². The first-order valence-corrected chi connectivity index (χ1v) is 13.1. The standard InChI is InChI=1S/C29H37N3O4/c1-21-9-8-16-32(17-21)29(35)25-20-31(18-23-12-6-7-13-26(23)36-2)19-24(27(25)33)28(34)30-15-14-22-10-4-3-5-11-22/h6-7,10,12-13,19-21H,3-5,8-9,11,14-18H2,1-2H3,(H,30,34)/t21-/m1/s1. The second-order valence-electron chi connectivity index (χ2n) is 10.0. The van der Waals surface area contributed by atoms with Crippen molar-refractivity contribution < 1.29 is 14.3 Å². The number of hydrogen-bond donors (Lipinski definition) is 1. The minimum atomic E-state index is -0.510. The molecule has 36 heavy (non-hydrogen) atoms. The number of aromatic nitrogens is 1. The third kappa shape index (κ3) is 6.25. The lowest BCUT2D eigenvalue weighted by atomic mass is 9.97. The van der Waals surface area contributed by atoms with Crippen LogP contribution in [-0.4, -0.2) is 48.0 Å². The van der Waals surface area contributed by atoms with Crippen molar-refractivity contribution in [3.63, 3.8) is 0 Å². The Morgan fingerprint density at radius 3 is 2.67 bits per heavy atom. The molecule has 0 saturated carbocycles. The molecule has 1 N–H and O–H groups in total. The zero-order valence-corrected chi connectivity index (χ0v) is 21.4. The second kappa shape index (κ2) is 12.1. The van der Waals surface area contributed by atoms with Gasteiger partial charge in [-0.1, -0.05) is 36.8 Å². The largest absolute Gasteiger partial charge is 0.496 e. The zero-order chi connectivity index (χ0) is 25.5. The number of pyridine rings is 1. The minimum Gasteiger partial charge on any atom is -0.496 e. The van der Waals surface area contributed by atoms with Gasteiger partial charge in [-0.3, -0.25) is 14.4 Å². The number of benzene rings is 1. The first-order chi connectivity index (χ1) is 17.5. The van der Waals surface area contributed by atoms with Gasteiger partial charge in [0.25, 0.3) is 11.8 Å². The van der Waals surface area contributed by atoms with Crippen molar-refractivity contribution in [1.29, 1.82) is 0 Å². The lowest BCUT2D eigenvalue weighted by Gasteiger charge is -2.31. The maximum Gasteiger partial charge on any atom is 0.259 e. The molecule has 2 aromatic rings. The van der Waals surface area contributed by atoms with Gasteiger partial charge < -0.3 is 19.5 Å². The summed E-state index contributed by atoms with van der Waals surface area (Å²) >= 11 is 0. The van der Waals surface area contributed by atoms with Gasteiger partial charge in [0.05, 0.1) is 13.7 Å². The Labute approximate surface area is 213 Å². The van der Waals surface area contributed by atoms with Crippen LogP contribution >= 0.6 is 0 Å². The highest BCUT2D eigenvalue weighted by molar-refractivity contribution is 5.99. The molecule has 192 valence electrons. The van der Waals surface area contributed by atoms with Gasteiger partial charge in [0.1, 0.15) is 16.9 Å². The number of carbonyl (C=O) groups is 2. The molecular weight excluding hydrogens is 454 g/mol. The van der Waals surface area contributed by atoms with E-state index in [1.54, 1.807) is 29.0 Å². The van der Waals surface area contributed by atoms with E-state index in [9.17, 15) is 14.4 Å². The van der Waals surface area contributed by atoms with Gasteiger partial charge in [0.2, 0.25) is 5.43 Å². The first kappa shape index (κ1) is 25.7. The van der Waals surface area contributed by atoms with Crippen LogP contribution < -0.4 is 15.5 Å². The predicted molar refractivity (Wildman–Crippen MR) is 141 cm³/mol. The average molecular weight is 492 g/mol. The van der Waals surface area contributed by atoms with Gasteiger partial charge in [-0.2, -0.15) is 0 Å². The number of nitrogens with one attached hydrogen (secondary N) is 1. The Morgan fingerprint density at radius 2 is 1.92 bits per heavy atom. The molecule has 1 atom stereocenters. The fourth-order valence-corrected chi connectivity index (χ4v) is 5.17. The quantitative estimate of drug-likeness (QED) is 0.555. The number of hydrogen-bond acceptors (Lipinski definition) is 4. The summed E-state index contributed by atoms with van der Waals surface area (Å²) in [4.78, 5) is 41.7. The van der Waals surface area contributed by atoms with E-state index >= 15 is 0 Å². The number of piperidine rings is 1. The molecule has 2 heterocycles. The molecule has 1 fully saturated rings. The third-order valence-electron chi connectivity index (χ3n) is 7.16. The lowest BCUT2D eigenvalue weighted by Crippen LogP contribution is -2.42. The van der Waals surface area contributed by atoms with Crippen molar-refractivity contribution >= 4 is 11.8 Å². The van der Waals surface area contributed by atoms with Crippen molar-refractivity contribution in [3.05, 3.63) is 75.2 Å². The fraction of sp³-hybridized carbons (Fsp3) is 0.483. The molecule has 4 rings (SSSR count). The molecule has 0 spiro atoms. The van der Waals surface area contributed by atoms with Crippen molar-refractivity contribution in [2.75, 3.05) is 26.7 Å². The van der Waals surface area contributed by atoms with Gasteiger partial charge >= 0.3 is 0 Å². The maximum absolute atomic E-state index is 13.4. The van der Waals surface area contributed by atoms with E-state index in [1.165, 1.54) is 18.4 Å². The molecule has 1 saturated heterocycles. The Kier molecular flexibility index (Phi) is 8.62. The summed E-state index contributed by atoms with van der Waals surface area (Å²) in [5, 5.41) is 2.91. The molecule has 0 radical (unpaired) electrons. The van der Waals surface area contributed by atoms with Gasteiger partial charge in [-0.25, -0.2) is 0 Å². The summed E-state index contributed by atoms with van der Waals surface area (Å²) < 4.78 is 7.23. The van der Waals surface area contributed by atoms with E-state index in [0.717, 1.165) is 37.7 Å². The van der Waals surface area contributed by atoms with Crippen molar-refractivity contribution in [3.8, 4) is 5.75 Å². The number of carbonyl (C=O) groups excluding carboxylic acids is 2. The molecule has 2 aliphatic rings. The molecule has 0 unspecified atom stereocenters. The minimum absolute atomic E-state index is 0.00145. The van der Waals surface area contributed by atoms with Crippen LogP contribution in [0.2, 0.25) is 0 Å². The summed E-state index contributed by atoms with van der Waals surface area (Å²) in [6.45, 7) is 4.20. The Bertz CT molecular complexity index is 1180. The number of nitrogens with zero attached hydrogens (tertiary/aromatic N) is 2. The van der Waals surface area contributed by atoms with Gasteiger partial charge in [-0.05, 0) is 56.9 Å². The number of likely N-dealkylation sites (tertiary alicyclic amines) is 1.